The van der Waals surface area contributed by atoms with E-state index in [4.69, 9.17) is 0 Å². The summed E-state index contributed by atoms with van der Waals surface area (Å²) in [5.74, 6) is 0. The molecule has 0 spiro atoms. The number of hydrogen-bond donors (Lipinski definition) is 1. The standard InChI is InChI=1S/C2H7IOS2/c1-5(2)6(3)4/h6H,1-2H3. The molecule has 0 fully saturated rings. The Kier molecular flexibility index (Phi) is 3.93. The van der Waals surface area contributed by atoms with Gasteiger partial charge >= 0.3 is 0 Å². The molecule has 40 valence electrons. The highest BCUT2D eigenvalue weighted by atomic mass is 127. The van der Waals surface area contributed by atoms with Crippen LogP contribution in [0.1, 0.15) is 0 Å². The van der Waals surface area contributed by atoms with Crippen molar-refractivity contribution in [3.8, 4) is 0 Å². The summed E-state index contributed by atoms with van der Waals surface area (Å²) in [6.07, 6.45) is 3.95. The second-order valence-electron chi connectivity index (χ2n) is 0.986. The third-order valence-corrected chi connectivity index (χ3v) is 9.67. The predicted molar refractivity (Wildman–Crippen MR) is 42.8 cm³/mol. The zero-order valence-corrected chi connectivity index (χ0v) is 7.51. The van der Waals surface area contributed by atoms with Crippen molar-refractivity contribution in [2.45, 2.75) is 0 Å². The molecule has 0 saturated carbocycles. The van der Waals surface area contributed by atoms with Gasteiger partial charge in [0.25, 0.3) is 0 Å². The molecule has 0 saturated heterocycles. The van der Waals surface area contributed by atoms with Crippen LogP contribution in [0, 0.1) is 0 Å². The zero-order valence-electron chi connectivity index (χ0n) is 3.64. The smallest absolute Gasteiger partial charge is 0.0380 e. The van der Waals surface area contributed by atoms with Gasteiger partial charge in [0, 0.05) is 27.7 Å². The monoisotopic (exact) mass is 238 g/mol. The fourth-order valence-electron chi connectivity index (χ4n) is 0. The van der Waals surface area contributed by atoms with Crippen LogP contribution < -0.4 is 0 Å². The van der Waals surface area contributed by atoms with E-state index >= 15 is 0 Å². The first-order valence-corrected chi connectivity index (χ1v) is 8.04. The maximum atomic E-state index is 10.3. The highest BCUT2D eigenvalue weighted by Gasteiger charge is 1.69. The summed E-state index contributed by atoms with van der Waals surface area (Å²) in [5.41, 5.74) is 0. The van der Waals surface area contributed by atoms with Crippen molar-refractivity contribution >= 4 is 37.2 Å². The van der Waals surface area contributed by atoms with Crippen LogP contribution in [0.4, 0.5) is 0 Å². The third-order valence-electron chi connectivity index (χ3n) is 0.287. The molecule has 4 heteroatoms. The minimum absolute atomic E-state index is 0.129. The first kappa shape index (κ1) is 7.23. The minimum atomic E-state index is -0.912. The molecule has 6 heavy (non-hydrogen) atoms. The van der Waals surface area contributed by atoms with Crippen molar-refractivity contribution in [3.63, 3.8) is 0 Å². The van der Waals surface area contributed by atoms with Crippen molar-refractivity contribution in [1.29, 1.82) is 0 Å². The number of hydrogen-bond acceptors (Lipinski definition) is 1. The Morgan fingerprint density at radius 1 is 1.67 bits per heavy atom. The van der Waals surface area contributed by atoms with Gasteiger partial charge in [0.15, 0.2) is 0 Å². The normalized spacial score (nSPS) is 15.3. The highest BCUT2D eigenvalue weighted by Crippen LogP contribution is 1.85. The Hall–Kier alpha value is 1.23. The van der Waals surface area contributed by atoms with Gasteiger partial charge in [-0.25, -0.2) is 0 Å². The molecule has 0 bridgehead atoms. The topological polar surface area (TPSA) is 17.1 Å². The Morgan fingerprint density at radius 2 is 1.83 bits per heavy atom. The molecular weight excluding hydrogens is 231 g/mol. The Bertz CT molecular complexity index is 109. The van der Waals surface area contributed by atoms with Crippen LogP contribution in [0.3, 0.4) is 0 Å². The largest absolute Gasteiger partial charge is 0.255 e. The first-order chi connectivity index (χ1) is 2.64. The molecule has 0 amide bonds. The second kappa shape index (κ2) is 3.26. The van der Waals surface area contributed by atoms with Gasteiger partial charge in [0.1, 0.15) is 0 Å². The summed E-state index contributed by atoms with van der Waals surface area (Å²) < 4.78 is 10.3. The fourth-order valence-corrected chi connectivity index (χ4v) is 0. The van der Waals surface area contributed by atoms with Gasteiger partial charge in [-0.1, -0.05) is 0 Å². The molecule has 1 unspecified atom stereocenters. The second-order valence-corrected chi connectivity index (χ2v) is 10.7. The van der Waals surface area contributed by atoms with E-state index in [2.05, 4.69) is 0 Å². The summed E-state index contributed by atoms with van der Waals surface area (Å²) in [7, 11) is 0.129. The maximum Gasteiger partial charge on any atom is 0.0380 e. The summed E-state index contributed by atoms with van der Waals surface area (Å²) in [5, 5.41) is 0. The number of rotatable bonds is 0. The molecule has 0 radical (unpaired) electrons. The average Bonchev–Trinajstić information content (AvgIpc) is 1.36. The van der Waals surface area contributed by atoms with Gasteiger partial charge < -0.3 is 0 Å². The molecule has 0 aromatic heterocycles. The molecule has 1 atom stereocenters. The van der Waals surface area contributed by atoms with Crippen LogP contribution >= 0.6 is 21.2 Å². The van der Waals surface area contributed by atoms with Gasteiger partial charge in [0.2, 0.25) is 0 Å². The number of halogens is 1. The van der Waals surface area contributed by atoms with E-state index in [0.29, 0.717) is 0 Å². The molecule has 0 rings (SSSR count). The predicted octanol–water partition coefficient (Wildman–Crippen LogP) is 0.610. The Labute approximate surface area is 53.7 Å². The van der Waals surface area contributed by atoms with E-state index in [1.165, 1.54) is 0 Å². The van der Waals surface area contributed by atoms with Crippen molar-refractivity contribution in [3.05, 3.63) is 0 Å². The molecule has 0 aromatic carbocycles. The lowest BCUT2D eigenvalue weighted by Crippen LogP contribution is -1.76. The van der Waals surface area contributed by atoms with E-state index in [1.54, 1.807) is 0 Å². The number of thiol groups is 1. The van der Waals surface area contributed by atoms with Crippen molar-refractivity contribution in [1.82, 2.24) is 0 Å². The minimum Gasteiger partial charge on any atom is -0.255 e. The zero-order chi connectivity index (χ0) is 5.15. The quantitative estimate of drug-likeness (QED) is 0.372. The molecular formula is C2H7IOS2. The average molecular weight is 238 g/mol. The van der Waals surface area contributed by atoms with E-state index in [-0.39, 0.29) is 9.45 Å². The van der Waals surface area contributed by atoms with E-state index < -0.39 is 6.53 Å². The lowest BCUT2D eigenvalue weighted by atomic mass is 11.9. The Morgan fingerprint density at radius 3 is 1.83 bits per heavy atom. The van der Waals surface area contributed by atoms with Crippen molar-refractivity contribution in [2.24, 2.45) is 0 Å². The van der Waals surface area contributed by atoms with Gasteiger partial charge in [-0.3, -0.25) is 4.21 Å². The molecule has 1 nitrogen and oxygen atoms in total. The summed E-state index contributed by atoms with van der Waals surface area (Å²) in [6.45, 7) is -0.912. The van der Waals surface area contributed by atoms with Crippen LogP contribution in [0.15, 0.2) is 0 Å². The maximum absolute atomic E-state index is 10.3. The summed E-state index contributed by atoms with van der Waals surface area (Å²) >= 11 is 1.95. The molecule has 0 aromatic rings. The van der Waals surface area contributed by atoms with Gasteiger partial charge in [-0.05, 0) is 12.5 Å². The van der Waals surface area contributed by atoms with E-state index in [9.17, 15) is 4.21 Å². The van der Waals surface area contributed by atoms with Crippen LogP contribution in [-0.2, 0) is 16.0 Å². The van der Waals surface area contributed by atoms with Gasteiger partial charge in [0.05, 0.1) is 0 Å². The molecule has 0 heterocycles. The molecule has 0 aliphatic rings. The SMILES string of the molecule is CS(C)=[SH](=O)I. The molecule has 0 N–H and O–H groups in total. The van der Waals surface area contributed by atoms with Gasteiger partial charge in [-0.2, -0.15) is 0 Å². The lowest BCUT2D eigenvalue weighted by molar-refractivity contribution is 0.701. The fraction of sp³-hybridized carbons (Fsp3) is 1.00. The van der Waals surface area contributed by atoms with Crippen LogP contribution in [0.2, 0.25) is 0 Å². The summed E-state index contributed by atoms with van der Waals surface area (Å²) in [4.78, 5) is 0. The summed E-state index contributed by atoms with van der Waals surface area (Å²) in [6, 6.07) is 0. The lowest BCUT2D eigenvalue weighted by Gasteiger charge is -1.79. The van der Waals surface area contributed by atoms with Crippen LogP contribution in [0.5, 0.6) is 0 Å². The molecule has 0 aliphatic carbocycles. The first-order valence-electron chi connectivity index (χ1n) is 1.35. The van der Waals surface area contributed by atoms with E-state index in [0.717, 1.165) is 0 Å². The van der Waals surface area contributed by atoms with Crippen LogP contribution in [0.25, 0.3) is 0 Å². The highest BCUT2D eigenvalue weighted by molar-refractivity contribution is 14.2. The Balaban J connectivity index is 4.08. The molecule has 0 aliphatic heterocycles. The van der Waals surface area contributed by atoms with E-state index in [1.807, 2.05) is 33.7 Å². The van der Waals surface area contributed by atoms with Crippen molar-refractivity contribution in [2.75, 3.05) is 12.5 Å². The van der Waals surface area contributed by atoms with Crippen LogP contribution in [-0.4, -0.2) is 16.7 Å². The third kappa shape index (κ3) is 3.42. The van der Waals surface area contributed by atoms with Crippen molar-refractivity contribution < 1.29 is 4.21 Å². The van der Waals surface area contributed by atoms with Gasteiger partial charge in [-0.15, -0.1) is 9.45 Å².